The lowest BCUT2D eigenvalue weighted by atomic mass is 10.1. The topological polar surface area (TPSA) is 81.8 Å². The molecule has 0 aliphatic rings. The Morgan fingerprint density at radius 1 is 0.889 bits per heavy atom. The molecule has 27 heavy (non-hydrogen) atoms. The molecule has 0 heterocycles. The van der Waals surface area contributed by atoms with Crippen LogP contribution in [0.1, 0.15) is 45.0 Å². The lowest BCUT2D eigenvalue weighted by Gasteiger charge is -2.20. The van der Waals surface area contributed by atoms with E-state index in [0.29, 0.717) is 30.9 Å². The van der Waals surface area contributed by atoms with Crippen LogP contribution in [0.25, 0.3) is 0 Å². The molecule has 150 valence electrons. The molecule has 7 heteroatoms. The van der Waals surface area contributed by atoms with Gasteiger partial charge in [0.2, 0.25) is 11.8 Å². The Labute approximate surface area is 162 Å². The largest absolute Gasteiger partial charge is 0.353 e. The van der Waals surface area contributed by atoms with Crippen molar-refractivity contribution < 1.29 is 14.4 Å². The van der Waals surface area contributed by atoms with Crippen molar-refractivity contribution in [1.29, 1.82) is 0 Å². The van der Waals surface area contributed by atoms with E-state index in [0.717, 1.165) is 0 Å². The summed E-state index contributed by atoms with van der Waals surface area (Å²) in [5.74, 6) is -0.317. The summed E-state index contributed by atoms with van der Waals surface area (Å²) < 4.78 is 0. The van der Waals surface area contributed by atoms with Gasteiger partial charge in [0.15, 0.2) is 0 Å². The van der Waals surface area contributed by atoms with Gasteiger partial charge < -0.3 is 15.5 Å². The van der Waals surface area contributed by atoms with Crippen LogP contribution in [0.4, 0.5) is 5.69 Å². The maximum atomic E-state index is 12.3. The summed E-state index contributed by atoms with van der Waals surface area (Å²) in [5.41, 5.74) is 1.22. The number of benzene rings is 1. The van der Waals surface area contributed by atoms with E-state index in [1.54, 1.807) is 34.1 Å². The first-order chi connectivity index (χ1) is 12.8. The molecule has 0 saturated heterocycles. The van der Waals surface area contributed by atoms with Crippen LogP contribution in [0.15, 0.2) is 24.3 Å². The molecule has 7 nitrogen and oxygen atoms in total. The van der Waals surface area contributed by atoms with Gasteiger partial charge in [0.25, 0.3) is 5.91 Å². The number of anilines is 1. The van der Waals surface area contributed by atoms with E-state index in [1.165, 1.54) is 0 Å². The zero-order chi connectivity index (χ0) is 20.4. The fraction of sp³-hybridized carbons (Fsp3) is 0.550. The molecular formula is C20H32N4O3. The van der Waals surface area contributed by atoms with Gasteiger partial charge >= 0.3 is 0 Å². The number of hydrogen-bond acceptors (Lipinski definition) is 4. The molecule has 0 aliphatic carbocycles. The number of hydrogen-bond donors (Lipinski definition) is 2. The number of nitrogens with zero attached hydrogens (tertiary/aromatic N) is 2. The Hall–Kier alpha value is -2.41. The summed E-state index contributed by atoms with van der Waals surface area (Å²) in [6, 6.07) is 6.93. The summed E-state index contributed by atoms with van der Waals surface area (Å²) in [5, 5.41) is 5.62. The minimum Gasteiger partial charge on any atom is -0.353 e. The average molecular weight is 377 g/mol. The van der Waals surface area contributed by atoms with Gasteiger partial charge in [0, 0.05) is 30.4 Å². The fourth-order valence-electron chi connectivity index (χ4n) is 2.64. The molecule has 0 fully saturated rings. The van der Waals surface area contributed by atoms with Crippen molar-refractivity contribution in [2.75, 3.05) is 38.0 Å². The molecule has 0 spiro atoms. The number of likely N-dealkylation sites (N-methyl/N-ethyl adjacent to an activating group) is 1. The van der Waals surface area contributed by atoms with Crippen LogP contribution in [-0.4, -0.2) is 66.3 Å². The van der Waals surface area contributed by atoms with Crippen LogP contribution in [0, 0.1) is 0 Å². The van der Waals surface area contributed by atoms with Gasteiger partial charge in [-0.15, -0.1) is 0 Å². The summed E-state index contributed by atoms with van der Waals surface area (Å²) in [6.07, 6.45) is 0. The van der Waals surface area contributed by atoms with Crippen molar-refractivity contribution >= 4 is 23.4 Å². The predicted octanol–water partition coefficient (Wildman–Crippen LogP) is 1.95. The van der Waals surface area contributed by atoms with Crippen LogP contribution in [0.5, 0.6) is 0 Å². The zero-order valence-corrected chi connectivity index (χ0v) is 17.0. The Balaban J connectivity index is 2.61. The second-order valence-electron chi connectivity index (χ2n) is 6.63. The highest BCUT2D eigenvalue weighted by Crippen LogP contribution is 2.12. The lowest BCUT2D eigenvalue weighted by molar-refractivity contribution is -0.123. The van der Waals surface area contributed by atoms with Gasteiger partial charge in [-0.05, 0) is 58.5 Å². The van der Waals surface area contributed by atoms with E-state index in [1.807, 2.05) is 34.6 Å². The Morgan fingerprint density at radius 3 is 1.93 bits per heavy atom. The highest BCUT2D eigenvalue weighted by Gasteiger charge is 2.15. The monoisotopic (exact) mass is 376 g/mol. The number of amides is 3. The van der Waals surface area contributed by atoms with Crippen molar-refractivity contribution in [3.63, 3.8) is 0 Å². The Bertz CT molecular complexity index is 625. The summed E-state index contributed by atoms with van der Waals surface area (Å²) in [6.45, 7) is 11.8. The molecule has 0 aliphatic heterocycles. The van der Waals surface area contributed by atoms with Crippen LogP contribution in [0.3, 0.4) is 0 Å². The maximum absolute atomic E-state index is 12.3. The minimum atomic E-state index is -0.197. The fourth-order valence-corrected chi connectivity index (χ4v) is 2.64. The third-order valence-electron chi connectivity index (χ3n) is 4.10. The first-order valence-corrected chi connectivity index (χ1v) is 9.51. The molecule has 0 saturated carbocycles. The molecular weight excluding hydrogens is 344 g/mol. The van der Waals surface area contributed by atoms with Gasteiger partial charge in [0.05, 0.1) is 13.1 Å². The quantitative estimate of drug-likeness (QED) is 0.654. The van der Waals surface area contributed by atoms with Crippen LogP contribution in [-0.2, 0) is 9.59 Å². The van der Waals surface area contributed by atoms with Gasteiger partial charge in [-0.1, -0.05) is 6.92 Å². The average Bonchev–Trinajstić information content (AvgIpc) is 2.61. The SMILES string of the molecule is CCN(CC(=O)Nc1ccc(C(=O)N(CC)CC)cc1)CC(=O)NC(C)C. The van der Waals surface area contributed by atoms with Crippen LogP contribution < -0.4 is 10.6 Å². The second-order valence-corrected chi connectivity index (χ2v) is 6.63. The Kier molecular flexibility index (Phi) is 9.50. The summed E-state index contributed by atoms with van der Waals surface area (Å²) in [7, 11) is 0. The summed E-state index contributed by atoms with van der Waals surface area (Å²) in [4.78, 5) is 39.9. The summed E-state index contributed by atoms with van der Waals surface area (Å²) >= 11 is 0. The number of carbonyl (C=O) groups is 3. The predicted molar refractivity (Wildman–Crippen MR) is 108 cm³/mol. The zero-order valence-electron chi connectivity index (χ0n) is 17.0. The lowest BCUT2D eigenvalue weighted by Crippen LogP contribution is -2.42. The van der Waals surface area contributed by atoms with Gasteiger partial charge in [0.1, 0.15) is 0 Å². The van der Waals surface area contributed by atoms with Crippen molar-refractivity contribution in [2.45, 2.75) is 40.7 Å². The third-order valence-corrected chi connectivity index (χ3v) is 4.10. The van der Waals surface area contributed by atoms with Gasteiger partial charge in [-0.3, -0.25) is 19.3 Å². The van der Waals surface area contributed by atoms with E-state index in [9.17, 15) is 14.4 Å². The molecule has 0 bridgehead atoms. The van der Waals surface area contributed by atoms with E-state index in [4.69, 9.17) is 0 Å². The van der Waals surface area contributed by atoms with Crippen molar-refractivity contribution in [3.8, 4) is 0 Å². The van der Waals surface area contributed by atoms with Crippen molar-refractivity contribution in [2.24, 2.45) is 0 Å². The minimum absolute atomic E-state index is 0.0220. The highest BCUT2D eigenvalue weighted by molar-refractivity contribution is 5.96. The maximum Gasteiger partial charge on any atom is 0.253 e. The Morgan fingerprint density at radius 2 is 1.44 bits per heavy atom. The molecule has 1 rings (SSSR count). The number of rotatable bonds is 10. The van der Waals surface area contributed by atoms with Gasteiger partial charge in [-0.2, -0.15) is 0 Å². The van der Waals surface area contributed by atoms with E-state index in [2.05, 4.69) is 10.6 Å². The molecule has 2 N–H and O–H groups in total. The van der Waals surface area contributed by atoms with Crippen molar-refractivity contribution in [3.05, 3.63) is 29.8 Å². The molecule has 1 aromatic rings. The first kappa shape index (κ1) is 22.6. The van der Waals surface area contributed by atoms with Gasteiger partial charge in [-0.25, -0.2) is 0 Å². The third kappa shape index (κ3) is 7.78. The van der Waals surface area contributed by atoms with Crippen molar-refractivity contribution in [1.82, 2.24) is 15.1 Å². The smallest absolute Gasteiger partial charge is 0.253 e. The molecule has 0 unspecified atom stereocenters. The van der Waals surface area contributed by atoms with Crippen LogP contribution >= 0.6 is 0 Å². The highest BCUT2D eigenvalue weighted by atomic mass is 16.2. The van der Waals surface area contributed by atoms with Crippen LogP contribution in [0.2, 0.25) is 0 Å². The molecule has 1 aromatic carbocycles. The molecule has 3 amide bonds. The number of carbonyl (C=O) groups excluding carboxylic acids is 3. The normalized spacial score (nSPS) is 10.8. The second kappa shape index (κ2) is 11.3. The number of nitrogens with one attached hydrogen (secondary N) is 2. The molecule has 0 atom stereocenters. The standard InChI is InChI=1S/C20H32N4O3/c1-6-23(13-18(25)21-15(4)5)14-19(26)22-17-11-9-16(10-12-17)20(27)24(7-2)8-3/h9-12,15H,6-8,13-14H2,1-5H3,(H,21,25)(H,22,26). The van der Waals surface area contributed by atoms with E-state index in [-0.39, 0.29) is 36.9 Å². The molecule has 0 aromatic heterocycles. The van der Waals surface area contributed by atoms with E-state index >= 15 is 0 Å². The van der Waals surface area contributed by atoms with E-state index < -0.39 is 0 Å². The molecule has 0 radical (unpaired) electrons. The first-order valence-electron chi connectivity index (χ1n) is 9.51.